The molecule has 1 heterocycles. The summed E-state index contributed by atoms with van der Waals surface area (Å²) >= 11 is 0. The largest absolute Gasteiger partial charge is 0.377 e. The minimum absolute atomic E-state index is 0.486. The number of rotatable bonds is 7. The van der Waals surface area contributed by atoms with Gasteiger partial charge in [0.15, 0.2) is 0 Å². The summed E-state index contributed by atoms with van der Waals surface area (Å²) in [7, 11) is 0. The van der Waals surface area contributed by atoms with E-state index in [2.05, 4.69) is 24.1 Å². The number of hydrogen-bond acceptors (Lipinski definition) is 3. The summed E-state index contributed by atoms with van der Waals surface area (Å²) in [6.45, 7) is 10.9. The summed E-state index contributed by atoms with van der Waals surface area (Å²) in [5, 5.41) is 3.37. The van der Waals surface area contributed by atoms with Crippen molar-refractivity contribution >= 4 is 0 Å². The summed E-state index contributed by atoms with van der Waals surface area (Å²) in [5.41, 5.74) is 0. The van der Waals surface area contributed by atoms with Crippen LogP contribution in [-0.2, 0) is 4.74 Å². The Morgan fingerprint density at radius 1 is 1.33 bits per heavy atom. The molecule has 1 atom stereocenters. The molecule has 0 saturated carbocycles. The van der Waals surface area contributed by atoms with Crippen molar-refractivity contribution in [3.8, 4) is 0 Å². The minimum atomic E-state index is 0.486. The van der Waals surface area contributed by atoms with Crippen molar-refractivity contribution in [3.63, 3.8) is 0 Å². The molecule has 0 aromatic rings. The van der Waals surface area contributed by atoms with Crippen LogP contribution in [0.2, 0.25) is 0 Å². The third-order valence-corrected chi connectivity index (χ3v) is 3.04. The lowest BCUT2D eigenvalue weighted by molar-refractivity contribution is -0.00460. The molecule has 1 saturated heterocycles. The first-order chi connectivity index (χ1) is 7.36. The first-order valence-corrected chi connectivity index (χ1v) is 6.41. The summed E-state index contributed by atoms with van der Waals surface area (Å²) in [6, 6.07) is 0. The van der Waals surface area contributed by atoms with Crippen LogP contribution in [0.15, 0.2) is 0 Å². The van der Waals surface area contributed by atoms with E-state index >= 15 is 0 Å². The molecule has 1 aliphatic rings. The number of ether oxygens (including phenoxy) is 1. The second kappa shape index (κ2) is 8.08. The van der Waals surface area contributed by atoms with E-state index in [4.69, 9.17) is 4.74 Å². The van der Waals surface area contributed by atoms with Gasteiger partial charge in [-0.3, -0.25) is 4.90 Å². The van der Waals surface area contributed by atoms with E-state index < -0.39 is 0 Å². The van der Waals surface area contributed by atoms with Gasteiger partial charge >= 0.3 is 0 Å². The van der Waals surface area contributed by atoms with Gasteiger partial charge in [-0.1, -0.05) is 13.8 Å². The Balaban J connectivity index is 2.13. The summed E-state index contributed by atoms with van der Waals surface area (Å²) < 4.78 is 5.75. The topological polar surface area (TPSA) is 24.5 Å². The standard InChI is InChI=1S/C12H26N2O/c1-3-13-8-9-14(4-2)11-12-7-5-6-10-15-12/h12-13H,3-11H2,1-2H3. The van der Waals surface area contributed by atoms with Crippen LogP contribution in [0.25, 0.3) is 0 Å². The highest BCUT2D eigenvalue weighted by molar-refractivity contribution is 4.69. The van der Waals surface area contributed by atoms with E-state index in [1.807, 2.05) is 0 Å². The van der Waals surface area contributed by atoms with Crippen molar-refractivity contribution in [1.29, 1.82) is 0 Å². The van der Waals surface area contributed by atoms with Gasteiger partial charge in [-0.15, -0.1) is 0 Å². The molecule has 0 aromatic heterocycles. The first kappa shape index (κ1) is 12.9. The second-order valence-electron chi connectivity index (χ2n) is 4.24. The molecule has 0 amide bonds. The predicted molar refractivity (Wildman–Crippen MR) is 64.2 cm³/mol. The lowest BCUT2D eigenvalue weighted by Crippen LogP contribution is -2.39. The number of nitrogens with one attached hydrogen (secondary N) is 1. The molecule has 0 aliphatic carbocycles. The highest BCUT2D eigenvalue weighted by atomic mass is 16.5. The van der Waals surface area contributed by atoms with Crippen molar-refractivity contribution in [2.75, 3.05) is 39.3 Å². The Bertz CT molecular complexity index is 147. The zero-order chi connectivity index (χ0) is 10.9. The molecule has 1 N–H and O–H groups in total. The maximum Gasteiger partial charge on any atom is 0.0702 e. The summed E-state index contributed by atoms with van der Waals surface area (Å²) in [6.07, 6.45) is 4.33. The average Bonchev–Trinajstić information content (AvgIpc) is 2.29. The van der Waals surface area contributed by atoms with E-state index in [9.17, 15) is 0 Å². The molecule has 0 bridgehead atoms. The van der Waals surface area contributed by atoms with Gasteiger partial charge in [0.1, 0.15) is 0 Å². The van der Waals surface area contributed by atoms with Gasteiger partial charge in [-0.05, 0) is 32.4 Å². The molecule has 1 aliphatic heterocycles. The van der Waals surface area contributed by atoms with Gasteiger partial charge < -0.3 is 10.1 Å². The quantitative estimate of drug-likeness (QED) is 0.650. The fourth-order valence-electron chi connectivity index (χ4n) is 2.03. The van der Waals surface area contributed by atoms with Gasteiger partial charge in [0.25, 0.3) is 0 Å². The molecular formula is C12H26N2O. The third-order valence-electron chi connectivity index (χ3n) is 3.04. The Morgan fingerprint density at radius 2 is 2.20 bits per heavy atom. The minimum Gasteiger partial charge on any atom is -0.377 e. The number of nitrogens with zero attached hydrogens (tertiary/aromatic N) is 1. The van der Waals surface area contributed by atoms with Gasteiger partial charge in [0, 0.05) is 26.2 Å². The van der Waals surface area contributed by atoms with Crippen molar-refractivity contribution in [2.24, 2.45) is 0 Å². The van der Waals surface area contributed by atoms with Crippen LogP contribution in [0.1, 0.15) is 33.1 Å². The molecule has 3 heteroatoms. The molecule has 0 aromatic carbocycles. The second-order valence-corrected chi connectivity index (χ2v) is 4.24. The highest BCUT2D eigenvalue weighted by Crippen LogP contribution is 2.13. The van der Waals surface area contributed by atoms with Crippen molar-refractivity contribution < 1.29 is 4.74 Å². The molecule has 3 nitrogen and oxygen atoms in total. The van der Waals surface area contributed by atoms with Crippen molar-refractivity contribution in [3.05, 3.63) is 0 Å². The maximum atomic E-state index is 5.75. The van der Waals surface area contributed by atoms with Gasteiger partial charge in [-0.25, -0.2) is 0 Å². The summed E-state index contributed by atoms with van der Waals surface area (Å²) in [5.74, 6) is 0. The molecule has 1 rings (SSSR count). The van der Waals surface area contributed by atoms with Crippen molar-refractivity contribution in [1.82, 2.24) is 10.2 Å². The number of likely N-dealkylation sites (N-methyl/N-ethyl adjacent to an activating group) is 2. The zero-order valence-electron chi connectivity index (χ0n) is 10.3. The maximum absolute atomic E-state index is 5.75. The van der Waals surface area contributed by atoms with E-state index in [0.717, 1.165) is 39.3 Å². The van der Waals surface area contributed by atoms with Crippen LogP contribution >= 0.6 is 0 Å². The Labute approximate surface area is 94.2 Å². The highest BCUT2D eigenvalue weighted by Gasteiger charge is 2.16. The Kier molecular flexibility index (Phi) is 6.98. The molecular weight excluding hydrogens is 188 g/mol. The Morgan fingerprint density at radius 3 is 2.80 bits per heavy atom. The predicted octanol–water partition coefficient (Wildman–Crippen LogP) is 1.49. The average molecular weight is 214 g/mol. The molecule has 1 fully saturated rings. The van der Waals surface area contributed by atoms with Crippen LogP contribution in [0.3, 0.4) is 0 Å². The van der Waals surface area contributed by atoms with E-state index in [1.165, 1.54) is 19.3 Å². The van der Waals surface area contributed by atoms with Crippen LogP contribution in [0, 0.1) is 0 Å². The number of hydrogen-bond donors (Lipinski definition) is 1. The zero-order valence-corrected chi connectivity index (χ0v) is 10.3. The first-order valence-electron chi connectivity index (χ1n) is 6.41. The van der Waals surface area contributed by atoms with Crippen LogP contribution in [0.4, 0.5) is 0 Å². The Hall–Kier alpha value is -0.120. The molecule has 15 heavy (non-hydrogen) atoms. The monoisotopic (exact) mass is 214 g/mol. The van der Waals surface area contributed by atoms with E-state index in [-0.39, 0.29) is 0 Å². The lowest BCUT2D eigenvalue weighted by Gasteiger charge is -2.29. The fourth-order valence-corrected chi connectivity index (χ4v) is 2.03. The van der Waals surface area contributed by atoms with Crippen LogP contribution < -0.4 is 5.32 Å². The third kappa shape index (κ3) is 5.50. The lowest BCUT2D eigenvalue weighted by atomic mass is 10.1. The van der Waals surface area contributed by atoms with E-state index in [1.54, 1.807) is 0 Å². The van der Waals surface area contributed by atoms with E-state index in [0.29, 0.717) is 6.10 Å². The molecule has 0 radical (unpaired) electrons. The normalized spacial score (nSPS) is 22.2. The van der Waals surface area contributed by atoms with Crippen LogP contribution in [0.5, 0.6) is 0 Å². The summed E-state index contributed by atoms with van der Waals surface area (Å²) in [4.78, 5) is 2.48. The van der Waals surface area contributed by atoms with Gasteiger partial charge in [0.05, 0.1) is 6.10 Å². The fraction of sp³-hybridized carbons (Fsp3) is 1.00. The molecule has 0 spiro atoms. The van der Waals surface area contributed by atoms with Gasteiger partial charge in [-0.2, -0.15) is 0 Å². The molecule has 90 valence electrons. The van der Waals surface area contributed by atoms with Crippen LogP contribution in [-0.4, -0.2) is 50.3 Å². The SMILES string of the molecule is CCNCCN(CC)CC1CCCCO1. The molecule has 1 unspecified atom stereocenters. The van der Waals surface area contributed by atoms with Crippen molar-refractivity contribution in [2.45, 2.75) is 39.2 Å². The van der Waals surface area contributed by atoms with Gasteiger partial charge in [0.2, 0.25) is 0 Å². The smallest absolute Gasteiger partial charge is 0.0702 e.